The molecule has 0 saturated heterocycles. The Morgan fingerprint density at radius 3 is 2.80 bits per heavy atom. The van der Waals surface area contributed by atoms with Gasteiger partial charge in [-0.05, 0) is 0 Å². The van der Waals surface area contributed by atoms with Gasteiger partial charge in [0.15, 0.2) is 0 Å². The normalized spacial score (nSPS) is 18.0. The zero-order valence-corrected chi connectivity index (χ0v) is 10.6. The van der Waals surface area contributed by atoms with Crippen molar-refractivity contribution in [2.24, 2.45) is 0 Å². The van der Waals surface area contributed by atoms with E-state index in [4.69, 9.17) is 3.17 Å². The Hall–Kier alpha value is -0.420. The molecule has 15 heavy (non-hydrogen) atoms. The van der Waals surface area contributed by atoms with Gasteiger partial charge in [-0.3, -0.25) is 0 Å². The summed E-state index contributed by atoms with van der Waals surface area (Å²) in [5.41, 5.74) is 0.388. The van der Waals surface area contributed by atoms with Crippen molar-refractivity contribution in [3.05, 3.63) is 33.0 Å². The van der Waals surface area contributed by atoms with Crippen molar-refractivity contribution in [1.82, 2.24) is 2.94 Å². The molecule has 0 aromatic heterocycles. The zero-order valence-electron chi connectivity index (χ0n) is 7.68. The molecule has 0 aliphatic carbocycles. The summed E-state index contributed by atoms with van der Waals surface area (Å²) in [5, 5.41) is 11.6. The van der Waals surface area contributed by atoms with Crippen molar-refractivity contribution in [1.29, 1.82) is 0 Å². The van der Waals surface area contributed by atoms with Gasteiger partial charge in [0.1, 0.15) is 0 Å². The second kappa shape index (κ2) is 3.87. The number of nitrogens with zero attached hydrogens (tertiary/aromatic N) is 1. The third kappa shape index (κ3) is 2.39. The van der Waals surface area contributed by atoms with Crippen LogP contribution in [0.1, 0.15) is 0 Å². The number of fused-ring (bicyclic) bond motifs is 1. The Bertz CT molecular complexity index is 478. The van der Waals surface area contributed by atoms with Gasteiger partial charge in [-0.25, -0.2) is 0 Å². The molecule has 1 aromatic rings. The number of benzene rings is 1. The summed E-state index contributed by atoms with van der Waals surface area (Å²) < 4.78 is 30.1. The van der Waals surface area contributed by atoms with Crippen LogP contribution in [0.5, 0.6) is 0 Å². The van der Waals surface area contributed by atoms with Crippen molar-refractivity contribution >= 4 is 36.2 Å². The Balaban J connectivity index is 2.33. The SMILES string of the molecule is CS(=O)(=O)NI1ON([O-])c2ccccc21. The van der Waals surface area contributed by atoms with Gasteiger partial charge in [0.25, 0.3) is 0 Å². The number of rotatable bonds is 2. The molecule has 1 heterocycles. The zero-order chi connectivity index (χ0) is 11.1. The van der Waals surface area contributed by atoms with E-state index in [9.17, 15) is 13.6 Å². The summed E-state index contributed by atoms with van der Waals surface area (Å²) in [4.78, 5) is 0. The maximum atomic E-state index is 11.3. The van der Waals surface area contributed by atoms with Crippen molar-refractivity contribution in [2.45, 2.75) is 0 Å². The van der Waals surface area contributed by atoms with E-state index >= 15 is 0 Å². The number of hydrogen-bond donors (Lipinski definition) is 1. The van der Waals surface area contributed by atoms with Crippen LogP contribution in [0.3, 0.4) is 0 Å². The summed E-state index contributed by atoms with van der Waals surface area (Å²) in [6, 6.07) is 6.75. The molecule has 0 saturated carbocycles. The van der Waals surface area contributed by atoms with Crippen molar-refractivity contribution in [3.63, 3.8) is 0 Å². The molecular formula is C7H8IN2O4S-. The van der Waals surface area contributed by atoms with Crippen LogP contribution in [0.4, 0.5) is 5.69 Å². The molecule has 1 aliphatic rings. The van der Waals surface area contributed by atoms with E-state index in [1.54, 1.807) is 24.3 Å². The predicted molar refractivity (Wildman–Crippen MR) is 64.1 cm³/mol. The minimum atomic E-state index is -3.34. The van der Waals surface area contributed by atoms with Gasteiger partial charge in [0, 0.05) is 0 Å². The number of halogens is 1. The molecule has 84 valence electrons. The first-order valence-corrected chi connectivity index (χ1v) is 8.82. The topological polar surface area (TPSA) is 81.7 Å². The van der Waals surface area contributed by atoms with E-state index in [0.717, 1.165) is 6.26 Å². The van der Waals surface area contributed by atoms with Crippen LogP contribution in [0.25, 0.3) is 0 Å². The van der Waals surface area contributed by atoms with Crippen molar-refractivity contribution in [2.75, 3.05) is 11.5 Å². The summed E-state index contributed by atoms with van der Waals surface area (Å²) in [5.74, 6) is 0. The van der Waals surface area contributed by atoms with Crippen LogP contribution < -0.4 is 8.16 Å². The summed E-state index contributed by atoms with van der Waals surface area (Å²) >= 11 is -2.57. The number of anilines is 1. The van der Waals surface area contributed by atoms with Crippen LogP contribution in [-0.2, 0) is 13.2 Å². The summed E-state index contributed by atoms with van der Waals surface area (Å²) in [7, 11) is -3.34. The van der Waals surface area contributed by atoms with E-state index < -0.39 is 30.5 Å². The van der Waals surface area contributed by atoms with Gasteiger partial charge < -0.3 is 0 Å². The van der Waals surface area contributed by atoms with E-state index in [0.29, 0.717) is 14.5 Å². The molecule has 8 heteroatoms. The molecule has 0 spiro atoms. The van der Waals surface area contributed by atoms with Gasteiger partial charge in [-0.1, -0.05) is 0 Å². The predicted octanol–water partition coefficient (Wildman–Crippen LogP) is 0.991. The third-order valence-electron chi connectivity index (χ3n) is 1.58. The molecule has 0 bridgehead atoms. The first kappa shape index (κ1) is 11.1. The number of sulfonamides is 1. The van der Waals surface area contributed by atoms with Gasteiger partial charge in [-0.15, -0.1) is 0 Å². The average Bonchev–Trinajstić information content (AvgIpc) is 2.42. The second-order valence-corrected chi connectivity index (χ2v) is 8.87. The van der Waals surface area contributed by atoms with Crippen LogP contribution in [-0.4, -0.2) is 14.7 Å². The molecule has 0 atom stereocenters. The van der Waals surface area contributed by atoms with E-state index in [2.05, 4.69) is 2.94 Å². The van der Waals surface area contributed by atoms with Crippen molar-refractivity contribution in [3.8, 4) is 0 Å². The fraction of sp³-hybridized carbons (Fsp3) is 0.143. The number of hydrogen-bond acceptors (Lipinski definition) is 5. The molecule has 0 amide bonds. The van der Waals surface area contributed by atoms with E-state index in [1.807, 2.05) is 0 Å². The molecular weight excluding hydrogens is 335 g/mol. The van der Waals surface area contributed by atoms with Crippen LogP contribution in [0.15, 0.2) is 24.3 Å². The number of nitrogens with one attached hydrogen (secondary N) is 1. The average molecular weight is 343 g/mol. The first-order valence-electron chi connectivity index (χ1n) is 3.89. The minimum absolute atomic E-state index is 0.373. The van der Waals surface area contributed by atoms with Gasteiger partial charge >= 0.3 is 95.3 Å². The first-order chi connectivity index (χ1) is 6.97. The molecule has 6 nitrogen and oxygen atoms in total. The van der Waals surface area contributed by atoms with E-state index in [-0.39, 0.29) is 0 Å². The Labute approximate surface area is 95.1 Å². The number of para-hydroxylation sites is 1. The van der Waals surface area contributed by atoms with Crippen LogP contribution in [0.2, 0.25) is 0 Å². The molecule has 1 aromatic carbocycles. The summed E-state index contributed by atoms with van der Waals surface area (Å²) in [6.07, 6.45) is 1.05. The Morgan fingerprint density at radius 1 is 1.47 bits per heavy atom. The Kier molecular flexibility index (Phi) is 2.85. The fourth-order valence-corrected chi connectivity index (χ4v) is 6.76. The molecule has 2 rings (SSSR count). The third-order valence-corrected chi connectivity index (χ3v) is 8.32. The molecule has 0 unspecified atom stereocenters. The Morgan fingerprint density at radius 2 is 2.13 bits per heavy atom. The molecule has 1 aliphatic heterocycles. The van der Waals surface area contributed by atoms with Gasteiger partial charge in [0.05, 0.1) is 0 Å². The maximum absolute atomic E-state index is 11.3. The molecule has 0 fully saturated rings. The molecule has 0 radical (unpaired) electrons. The fourth-order valence-electron chi connectivity index (χ4n) is 1.06. The van der Waals surface area contributed by atoms with Crippen molar-refractivity contribution < 1.29 is 11.6 Å². The molecule has 1 N–H and O–H groups in total. The monoisotopic (exact) mass is 343 g/mol. The van der Waals surface area contributed by atoms with E-state index in [1.165, 1.54) is 0 Å². The van der Waals surface area contributed by atoms with Gasteiger partial charge in [-0.2, -0.15) is 0 Å². The van der Waals surface area contributed by atoms with Crippen LogP contribution >= 0.6 is 20.5 Å². The van der Waals surface area contributed by atoms with Gasteiger partial charge in [0.2, 0.25) is 0 Å². The summed E-state index contributed by atoms with van der Waals surface area (Å²) in [6.45, 7) is 0. The van der Waals surface area contributed by atoms with Crippen LogP contribution in [0, 0.1) is 8.78 Å². The second-order valence-electron chi connectivity index (χ2n) is 2.88. The quantitative estimate of drug-likeness (QED) is 0.640. The standard InChI is InChI=1S/C7H8IN2O4S/c1-15(12,13)9-8-6-4-2-3-5-7(6)10(11)14-8/h2-5,9H,1H3/q-1.